The van der Waals surface area contributed by atoms with Crippen LogP contribution < -0.4 is 4.74 Å². The highest BCUT2D eigenvalue weighted by atomic mass is 32.2. The number of nitrogens with zero attached hydrogens (tertiary/aromatic N) is 1. The van der Waals surface area contributed by atoms with Crippen LogP contribution in [0.4, 0.5) is 4.79 Å². The zero-order chi connectivity index (χ0) is 16.2. The first-order valence-corrected chi connectivity index (χ1v) is 8.82. The minimum atomic E-state index is -0.246. The van der Waals surface area contributed by atoms with Gasteiger partial charge in [-0.15, -0.1) is 11.3 Å². The van der Waals surface area contributed by atoms with Gasteiger partial charge < -0.3 is 4.74 Å². The highest BCUT2D eigenvalue weighted by molar-refractivity contribution is 8.18. The third-order valence-corrected chi connectivity index (χ3v) is 5.24. The van der Waals surface area contributed by atoms with Gasteiger partial charge in [0.15, 0.2) is 0 Å². The van der Waals surface area contributed by atoms with Gasteiger partial charge in [-0.2, -0.15) is 0 Å². The fourth-order valence-electron chi connectivity index (χ4n) is 2.12. The molecule has 0 unspecified atom stereocenters. The molecule has 1 aliphatic heterocycles. The Balaban J connectivity index is 1.63. The standard InChI is InChI=1S/C17H15NO3S2/c1-12-7-10-22-14(12)11-15-16(19)18(17(20)23-15)8-9-21-13-5-3-2-4-6-13/h2-7,10-11H,8-9H2,1H3/b15-11-. The van der Waals surface area contributed by atoms with Crippen LogP contribution in [0.15, 0.2) is 46.7 Å². The van der Waals surface area contributed by atoms with Gasteiger partial charge in [0.05, 0.1) is 11.4 Å². The molecule has 0 bridgehead atoms. The number of carbonyl (C=O) groups is 2. The van der Waals surface area contributed by atoms with E-state index in [-0.39, 0.29) is 24.3 Å². The quantitative estimate of drug-likeness (QED) is 0.763. The minimum Gasteiger partial charge on any atom is -0.492 e. The number of ether oxygens (including phenoxy) is 1. The lowest BCUT2D eigenvalue weighted by Gasteiger charge is -2.13. The van der Waals surface area contributed by atoms with E-state index in [1.807, 2.05) is 48.7 Å². The van der Waals surface area contributed by atoms with Gasteiger partial charge in [-0.25, -0.2) is 0 Å². The summed E-state index contributed by atoms with van der Waals surface area (Å²) in [6, 6.07) is 11.3. The van der Waals surface area contributed by atoms with Crippen molar-refractivity contribution in [1.82, 2.24) is 4.90 Å². The Labute approximate surface area is 142 Å². The van der Waals surface area contributed by atoms with Gasteiger partial charge in [0.25, 0.3) is 11.1 Å². The third kappa shape index (κ3) is 3.65. The minimum absolute atomic E-state index is 0.243. The molecule has 0 saturated carbocycles. The highest BCUT2D eigenvalue weighted by Crippen LogP contribution is 2.33. The zero-order valence-electron chi connectivity index (χ0n) is 12.5. The second-order valence-electron chi connectivity index (χ2n) is 4.96. The number of hydrogen-bond donors (Lipinski definition) is 0. The maximum absolute atomic E-state index is 12.4. The molecule has 2 heterocycles. The summed E-state index contributed by atoms with van der Waals surface area (Å²) in [4.78, 5) is 27.1. The lowest BCUT2D eigenvalue weighted by Crippen LogP contribution is -2.32. The summed E-state index contributed by atoms with van der Waals surface area (Å²) < 4.78 is 5.55. The van der Waals surface area contributed by atoms with Crippen LogP contribution >= 0.6 is 23.1 Å². The van der Waals surface area contributed by atoms with Crippen molar-refractivity contribution in [3.63, 3.8) is 0 Å². The van der Waals surface area contributed by atoms with Gasteiger partial charge in [0, 0.05) is 4.88 Å². The number of thioether (sulfide) groups is 1. The Morgan fingerprint density at radius 1 is 1.17 bits per heavy atom. The first-order chi connectivity index (χ1) is 11.1. The van der Waals surface area contributed by atoms with Crippen LogP contribution in [0, 0.1) is 6.92 Å². The SMILES string of the molecule is Cc1ccsc1/C=C1\SC(=O)N(CCOc2ccccc2)C1=O. The molecule has 0 N–H and O–H groups in total. The topological polar surface area (TPSA) is 46.6 Å². The van der Waals surface area contributed by atoms with Crippen LogP contribution in [0.5, 0.6) is 5.75 Å². The van der Waals surface area contributed by atoms with Crippen LogP contribution in [0.25, 0.3) is 6.08 Å². The van der Waals surface area contributed by atoms with Gasteiger partial charge in [-0.3, -0.25) is 14.5 Å². The summed E-state index contributed by atoms with van der Waals surface area (Å²) >= 11 is 2.54. The van der Waals surface area contributed by atoms with Crippen molar-refractivity contribution >= 4 is 40.3 Å². The van der Waals surface area contributed by atoms with E-state index < -0.39 is 0 Å². The zero-order valence-corrected chi connectivity index (χ0v) is 14.2. The molecule has 118 valence electrons. The largest absolute Gasteiger partial charge is 0.492 e. The van der Waals surface area contributed by atoms with Crippen molar-refractivity contribution in [2.24, 2.45) is 0 Å². The first-order valence-electron chi connectivity index (χ1n) is 7.12. The highest BCUT2D eigenvalue weighted by Gasteiger charge is 2.34. The lowest BCUT2D eigenvalue weighted by molar-refractivity contribution is -0.123. The Morgan fingerprint density at radius 3 is 2.65 bits per heavy atom. The van der Waals surface area contributed by atoms with Crippen molar-refractivity contribution in [3.05, 3.63) is 57.1 Å². The number of para-hydroxylation sites is 1. The summed E-state index contributed by atoms with van der Waals surface area (Å²) in [5, 5.41) is 1.73. The molecule has 0 aliphatic carbocycles. The third-order valence-electron chi connectivity index (χ3n) is 3.36. The fourth-order valence-corrected chi connectivity index (χ4v) is 3.90. The molecular formula is C17H15NO3S2. The summed E-state index contributed by atoms with van der Waals surface area (Å²) in [7, 11) is 0. The van der Waals surface area contributed by atoms with Crippen molar-refractivity contribution in [2.75, 3.05) is 13.2 Å². The van der Waals surface area contributed by atoms with Gasteiger partial charge >= 0.3 is 0 Å². The molecule has 1 aromatic carbocycles. The number of hydrogen-bond acceptors (Lipinski definition) is 5. The molecular weight excluding hydrogens is 330 g/mol. The van der Waals surface area contributed by atoms with Crippen LogP contribution in [0.1, 0.15) is 10.4 Å². The molecule has 4 nitrogen and oxygen atoms in total. The number of carbonyl (C=O) groups excluding carboxylic acids is 2. The van der Waals surface area contributed by atoms with Crippen molar-refractivity contribution < 1.29 is 14.3 Å². The predicted octanol–water partition coefficient (Wildman–Crippen LogP) is 4.17. The molecule has 3 rings (SSSR count). The van der Waals surface area contributed by atoms with E-state index in [0.717, 1.165) is 28.0 Å². The van der Waals surface area contributed by atoms with E-state index in [2.05, 4.69) is 0 Å². The molecule has 1 fully saturated rings. The van der Waals surface area contributed by atoms with Gasteiger partial charge in [0.1, 0.15) is 12.4 Å². The average Bonchev–Trinajstić information content (AvgIpc) is 3.07. The van der Waals surface area contributed by atoms with E-state index in [1.54, 1.807) is 17.4 Å². The van der Waals surface area contributed by atoms with E-state index >= 15 is 0 Å². The molecule has 0 spiro atoms. The number of benzene rings is 1. The van der Waals surface area contributed by atoms with Crippen LogP contribution in [0.3, 0.4) is 0 Å². The first kappa shape index (κ1) is 15.8. The molecule has 0 atom stereocenters. The summed E-state index contributed by atoms with van der Waals surface area (Å²) in [6.07, 6.45) is 1.79. The summed E-state index contributed by atoms with van der Waals surface area (Å²) in [5.74, 6) is 0.480. The number of rotatable bonds is 5. The van der Waals surface area contributed by atoms with E-state index in [0.29, 0.717) is 4.91 Å². The average molecular weight is 345 g/mol. The lowest BCUT2D eigenvalue weighted by atomic mass is 10.2. The molecule has 23 heavy (non-hydrogen) atoms. The van der Waals surface area contributed by atoms with E-state index in [4.69, 9.17) is 4.74 Å². The molecule has 0 radical (unpaired) electrons. The Bertz CT molecular complexity index is 752. The second kappa shape index (κ2) is 7.02. The number of imide groups is 1. The summed E-state index contributed by atoms with van der Waals surface area (Å²) in [5.41, 5.74) is 1.11. The van der Waals surface area contributed by atoms with Crippen molar-refractivity contribution in [1.29, 1.82) is 0 Å². The summed E-state index contributed by atoms with van der Waals surface area (Å²) in [6.45, 7) is 2.52. The van der Waals surface area contributed by atoms with Gasteiger partial charge in [0.2, 0.25) is 0 Å². The number of thiophene rings is 1. The number of aryl methyl sites for hydroxylation is 1. The molecule has 2 aromatic rings. The molecule has 1 saturated heterocycles. The van der Waals surface area contributed by atoms with Crippen LogP contribution in [-0.4, -0.2) is 29.2 Å². The van der Waals surface area contributed by atoms with Gasteiger partial charge in [-0.05, 0) is 53.9 Å². The van der Waals surface area contributed by atoms with E-state index in [9.17, 15) is 9.59 Å². The normalized spacial score (nSPS) is 16.4. The smallest absolute Gasteiger partial charge is 0.293 e. The maximum atomic E-state index is 12.4. The Kier molecular flexibility index (Phi) is 4.83. The fraction of sp³-hybridized carbons (Fsp3) is 0.176. The van der Waals surface area contributed by atoms with Crippen LogP contribution in [-0.2, 0) is 4.79 Å². The predicted molar refractivity (Wildman–Crippen MR) is 93.7 cm³/mol. The Hall–Kier alpha value is -2.05. The monoisotopic (exact) mass is 345 g/mol. The maximum Gasteiger partial charge on any atom is 0.293 e. The second-order valence-corrected chi connectivity index (χ2v) is 6.90. The Morgan fingerprint density at radius 2 is 1.96 bits per heavy atom. The molecule has 6 heteroatoms. The molecule has 2 amide bonds. The molecule has 1 aliphatic rings. The van der Waals surface area contributed by atoms with Crippen LogP contribution in [0.2, 0.25) is 0 Å². The van der Waals surface area contributed by atoms with Crippen molar-refractivity contribution in [2.45, 2.75) is 6.92 Å². The van der Waals surface area contributed by atoms with E-state index in [1.165, 1.54) is 4.90 Å². The van der Waals surface area contributed by atoms with Gasteiger partial charge in [-0.1, -0.05) is 18.2 Å². The van der Waals surface area contributed by atoms with Crippen molar-refractivity contribution in [3.8, 4) is 5.75 Å². The number of amides is 2. The molecule has 1 aromatic heterocycles.